The van der Waals surface area contributed by atoms with Crippen molar-refractivity contribution in [3.05, 3.63) is 27.9 Å². The number of hydrogen-bond donors (Lipinski definition) is 0. The van der Waals surface area contributed by atoms with Gasteiger partial charge in [0.25, 0.3) is 0 Å². The smallest absolute Gasteiger partial charge is 0.305 e. The van der Waals surface area contributed by atoms with Gasteiger partial charge in [0.15, 0.2) is 0 Å². The van der Waals surface area contributed by atoms with Crippen LogP contribution in [0.5, 0.6) is 0 Å². The lowest BCUT2D eigenvalue weighted by Crippen LogP contribution is -2.34. The highest BCUT2D eigenvalue weighted by atomic mass is 16.6. The number of pyridine rings is 1. The van der Waals surface area contributed by atoms with Crippen molar-refractivity contribution < 1.29 is 4.92 Å². The van der Waals surface area contributed by atoms with Crippen LogP contribution in [0.3, 0.4) is 0 Å². The first-order chi connectivity index (χ1) is 9.56. The second kappa shape index (κ2) is 5.84. The van der Waals surface area contributed by atoms with Crippen LogP contribution in [0.2, 0.25) is 0 Å². The van der Waals surface area contributed by atoms with Crippen LogP contribution in [0, 0.1) is 21.4 Å². The second-order valence-corrected chi connectivity index (χ2v) is 4.87. The van der Waals surface area contributed by atoms with Crippen LogP contribution in [0.4, 0.5) is 11.5 Å². The minimum absolute atomic E-state index is 0.125. The molecule has 1 aromatic rings. The minimum atomic E-state index is -0.576. The summed E-state index contributed by atoms with van der Waals surface area (Å²) in [5.74, 6) is 0.638. The summed E-state index contributed by atoms with van der Waals surface area (Å²) >= 11 is 0. The van der Waals surface area contributed by atoms with Gasteiger partial charge in [-0.25, -0.2) is 4.98 Å². The van der Waals surface area contributed by atoms with Crippen LogP contribution in [-0.4, -0.2) is 47.5 Å². The van der Waals surface area contributed by atoms with Crippen molar-refractivity contribution in [2.45, 2.75) is 19.4 Å². The molecule has 0 aliphatic carbocycles. The summed E-state index contributed by atoms with van der Waals surface area (Å²) in [4.78, 5) is 18.7. The fraction of sp³-hybridized carbons (Fsp3) is 0.538. The summed E-state index contributed by atoms with van der Waals surface area (Å²) in [6.07, 6.45) is 1.03. The van der Waals surface area contributed by atoms with Gasteiger partial charge >= 0.3 is 5.69 Å². The zero-order valence-corrected chi connectivity index (χ0v) is 11.6. The molecule has 1 aromatic heterocycles. The molecule has 2 heterocycles. The highest BCUT2D eigenvalue weighted by Gasteiger charge is 2.27. The highest BCUT2D eigenvalue weighted by molar-refractivity contribution is 5.52. The lowest BCUT2D eigenvalue weighted by molar-refractivity contribution is -0.385. The van der Waals surface area contributed by atoms with E-state index in [1.54, 1.807) is 12.1 Å². The number of hydrogen-bond acceptors (Lipinski definition) is 6. The Bertz CT molecular complexity index is 554. The van der Waals surface area contributed by atoms with E-state index in [-0.39, 0.29) is 11.4 Å². The van der Waals surface area contributed by atoms with E-state index in [0.29, 0.717) is 11.9 Å². The molecule has 0 bridgehead atoms. The molecule has 0 aromatic carbocycles. The number of aromatic nitrogens is 1. The molecule has 0 amide bonds. The zero-order valence-electron chi connectivity index (χ0n) is 11.6. The third kappa shape index (κ3) is 2.70. The average molecular weight is 275 g/mol. The molecule has 1 unspecified atom stereocenters. The molecule has 7 nitrogen and oxygen atoms in total. The fourth-order valence-electron chi connectivity index (χ4n) is 2.42. The van der Waals surface area contributed by atoms with Gasteiger partial charge in [0.2, 0.25) is 5.69 Å². The number of nitriles is 1. The van der Waals surface area contributed by atoms with Crippen molar-refractivity contribution in [1.29, 1.82) is 5.26 Å². The lowest BCUT2D eigenvalue weighted by atomic mass is 10.2. The first kappa shape index (κ1) is 14.2. The average Bonchev–Trinajstić information content (AvgIpc) is 2.95. The molecule has 0 spiro atoms. The summed E-state index contributed by atoms with van der Waals surface area (Å²) in [7, 11) is 2.08. The van der Waals surface area contributed by atoms with E-state index in [4.69, 9.17) is 5.26 Å². The maximum absolute atomic E-state index is 10.8. The molecular formula is C13H17N5O2. The summed E-state index contributed by atoms with van der Waals surface area (Å²) < 4.78 is 0. The van der Waals surface area contributed by atoms with E-state index in [2.05, 4.69) is 28.8 Å². The van der Waals surface area contributed by atoms with Gasteiger partial charge in [0.05, 0.1) is 4.92 Å². The Morgan fingerprint density at radius 1 is 1.65 bits per heavy atom. The molecule has 106 valence electrons. The van der Waals surface area contributed by atoms with Crippen LogP contribution < -0.4 is 4.90 Å². The normalized spacial score (nSPS) is 18.3. The molecule has 1 aliphatic rings. The molecule has 1 atom stereocenters. The van der Waals surface area contributed by atoms with Crippen LogP contribution in [0.1, 0.15) is 19.0 Å². The topological polar surface area (TPSA) is 86.3 Å². The number of nitrogens with zero attached hydrogens (tertiary/aromatic N) is 5. The molecule has 0 saturated carbocycles. The highest BCUT2D eigenvalue weighted by Crippen LogP contribution is 2.24. The first-order valence-corrected chi connectivity index (χ1v) is 6.57. The van der Waals surface area contributed by atoms with Gasteiger partial charge in [-0.15, -0.1) is 0 Å². The van der Waals surface area contributed by atoms with Crippen molar-refractivity contribution in [2.75, 3.05) is 31.6 Å². The second-order valence-electron chi connectivity index (χ2n) is 4.87. The lowest BCUT2D eigenvalue weighted by Gasteiger charge is -2.23. The number of nitro groups is 1. The first-order valence-electron chi connectivity index (χ1n) is 6.57. The standard InChI is InChI=1S/C13H17N5O2/c1-3-16(2)10-6-7-17(9-10)13-5-4-12(18(19)20)11(8-14)15-13/h4-5,10H,3,6-7,9H2,1-2H3. The monoisotopic (exact) mass is 275 g/mol. The molecular weight excluding hydrogens is 258 g/mol. The largest absolute Gasteiger partial charge is 0.355 e. The van der Waals surface area contributed by atoms with Crippen molar-refractivity contribution in [1.82, 2.24) is 9.88 Å². The number of rotatable bonds is 4. The van der Waals surface area contributed by atoms with E-state index in [9.17, 15) is 10.1 Å². The van der Waals surface area contributed by atoms with Crippen LogP contribution in [0.25, 0.3) is 0 Å². The van der Waals surface area contributed by atoms with E-state index in [1.165, 1.54) is 6.07 Å². The maximum Gasteiger partial charge on any atom is 0.305 e. The van der Waals surface area contributed by atoms with Crippen LogP contribution in [-0.2, 0) is 0 Å². The Balaban J connectivity index is 2.19. The van der Waals surface area contributed by atoms with E-state index in [1.807, 2.05) is 0 Å². The Morgan fingerprint density at radius 2 is 2.40 bits per heavy atom. The third-order valence-electron chi connectivity index (χ3n) is 3.77. The van der Waals surface area contributed by atoms with Crippen molar-refractivity contribution in [2.24, 2.45) is 0 Å². The Hall–Kier alpha value is -2.20. The molecule has 0 radical (unpaired) electrons. The van der Waals surface area contributed by atoms with Crippen molar-refractivity contribution >= 4 is 11.5 Å². The predicted octanol–water partition coefficient (Wildman–Crippen LogP) is 1.39. The van der Waals surface area contributed by atoms with E-state index >= 15 is 0 Å². The summed E-state index contributed by atoms with van der Waals surface area (Å²) in [5, 5.41) is 19.8. The van der Waals surface area contributed by atoms with Gasteiger partial charge in [0, 0.05) is 25.2 Å². The van der Waals surface area contributed by atoms with Gasteiger partial charge in [0.1, 0.15) is 11.9 Å². The van der Waals surface area contributed by atoms with Gasteiger partial charge in [-0.1, -0.05) is 6.92 Å². The third-order valence-corrected chi connectivity index (χ3v) is 3.77. The zero-order chi connectivity index (χ0) is 14.7. The van der Waals surface area contributed by atoms with Crippen LogP contribution >= 0.6 is 0 Å². The SMILES string of the molecule is CCN(C)C1CCN(c2ccc([N+](=O)[O-])c(C#N)n2)C1. The molecule has 2 rings (SSSR count). The quantitative estimate of drug-likeness (QED) is 0.609. The minimum Gasteiger partial charge on any atom is -0.355 e. The molecule has 20 heavy (non-hydrogen) atoms. The molecule has 7 heteroatoms. The van der Waals surface area contributed by atoms with Crippen LogP contribution in [0.15, 0.2) is 12.1 Å². The molecule has 1 saturated heterocycles. The Labute approximate surface area is 117 Å². The predicted molar refractivity (Wildman–Crippen MR) is 74.5 cm³/mol. The van der Waals surface area contributed by atoms with Gasteiger partial charge in [-0.05, 0) is 26.1 Å². The molecule has 0 N–H and O–H groups in total. The van der Waals surface area contributed by atoms with Gasteiger partial charge in [-0.3, -0.25) is 10.1 Å². The summed E-state index contributed by atoms with van der Waals surface area (Å²) in [6.45, 7) is 4.78. The molecule has 1 fully saturated rings. The van der Waals surface area contributed by atoms with E-state index in [0.717, 1.165) is 26.1 Å². The summed E-state index contributed by atoms with van der Waals surface area (Å²) in [5.41, 5.74) is -0.363. The Kier molecular flexibility index (Phi) is 4.15. The maximum atomic E-state index is 10.8. The fourth-order valence-corrected chi connectivity index (χ4v) is 2.42. The van der Waals surface area contributed by atoms with Gasteiger partial charge < -0.3 is 9.80 Å². The van der Waals surface area contributed by atoms with Crippen molar-refractivity contribution in [3.8, 4) is 6.07 Å². The number of anilines is 1. The number of likely N-dealkylation sites (N-methyl/N-ethyl adjacent to an activating group) is 1. The molecule has 1 aliphatic heterocycles. The van der Waals surface area contributed by atoms with Crippen molar-refractivity contribution in [3.63, 3.8) is 0 Å². The van der Waals surface area contributed by atoms with Gasteiger partial charge in [-0.2, -0.15) is 5.26 Å². The van der Waals surface area contributed by atoms with E-state index < -0.39 is 4.92 Å². The Morgan fingerprint density at radius 3 is 3.00 bits per heavy atom. The summed E-state index contributed by atoms with van der Waals surface area (Å²) in [6, 6.07) is 5.23.